The fraction of sp³-hybridized carbons (Fsp3) is 0.222. The van der Waals surface area contributed by atoms with Crippen LogP contribution < -0.4 is 5.48 Å². The van der Waals surface area contributed by atoms with Gasteiger partial charge in [-0.05, 0) is 24.6 Å². The van der Waals surface area contributed by atoms with Crippen molar-refractivity contribution in [1.82, 2.24) is 5.48 Å². The van der Waals surface area contributed by atoms with Gasteiger partial charge in [-0.2, -0.15) is 10.7 Å². The van der Waals surface area contributed by atoms with E-state index in [1.54, 1.807) is 18.2 Å². The molecule has 0 aliphatic rings. The van der Waals surface area contributed by atoms with E-state index in [1.165, 1.54) is 0 Å². The lowest BCUT2D eigenvalue weighted by molar-refractivity contribution is 0.133. The van der Waals surface area contributed by atoms with Crippen LogP contribution in [0.15, 0.2) is 24.3 Å². The Kier molecular flexibility index (Phi) is 2.81. The molecule has 0 radical (unpaired) electrons. The third-order valence-corrected chi connectivity index (χ3v) is 1.71. The Labute approximate surface area is 71.2 Å². The van der Waals surface area contributed by atoms with E-state index < -0.39 is 0 Å². The molecule has 3 nitrogen and oxygen atoms in total. The van der Waals surface area contributed by atoms with Gasteiger partial charge in [-0.25, -0.2) is 0 Å². The molecule has 1 aromatic rings. The van der Waals surface area contributed by atoms with Gasteiger partial charge in [0.1, 0.15) is 0 Å². The minimum Gasteiger partial charge on any atom is -0.316 e. The largest absolute Gasteiger partial charge is 0.316 e. The quantitative estimate of drug-likeness (QED) is 0.649. The van der Waals surface area contributed by atoms with Crippen LogP contribution in [0.5, 0.6) is 0 Å². The standard InChI is InChI=1S/C9H10N2O/c1-7(11-12)9-4-2-3-8(5-9)6-10/h2-5,7,11-12H,1H3. The normalized spacial score (nSPS) is 12.1. The van der Waals surface area contributed by atoms with Gasteiger partial charge in [0.25, 0.3) is 0 Å². The summed E-state index contributed by atoms with van der Waals surface area (Å²) in [5, 5.41) is 17.2. The number of nitrogens with zero attached hydrogens (tertiary/aromatic N) is 1. The van der Waals surface area contributed by atoms with Crippen LogP contribution in [-0.2, 0) is 0 Å². The second-order valence-corrected chi connectivity index (χ2v) is 2.59. The van der Waals surface area contributed by atoms with Gasteiger partial charge < -0.3 is 5.21 Å². The Hall–Kier alpha value is -1.37. The van der Waals surface area contributed by atoms with E-state index in [0.717, 1.165) is 5.56 Å². The summed E-state index contributed by atoms with van der Waals surface area (Å²) in [6.45, 7) is 1.82. The summed E-state index contributed by atoms with van der Waals surface area (Å²) < 4.78 is 0. The van der Waals surface area contributed by atoms with Crippen molar-refractivity contribution in [3.8, 4) is 6.07 Å². The highest BCUT2D eigenvalue weighted by Gasteiger charge is 2.02. The van der Waals surface area contributed by atoms with E-state index >= 15 is 0 Å². The first kappa shape index (κ1) is 8.72. The average Bonchev–Trinajstić information content (AvgIpc) is 2.17. The van der Waals surface area contributed by atoms with E-state index in [4.69, 9.17) is 10.5 Å². The van der Waals surface area contributed by atoms with E-state index in [2.05, 4.69) is 5.48 Å². The number of hydrogen-bond donors (Lipinski definition) is 2. The Balaban J connectivity index is 2.95. The maximum atomic E-state index is 8.62. The van der Waals surface area contributed by atoms with Gasteiger partial charge >= 0.3 is 0 Å². The molecular weight excluding hydrogens is 152 g/mol. The molecule has 0 aliphatic heterocycles. The highest BCUT2D eigenvalue weighted by atomic mass is 16.5. The molecule has 0 saturated carbocycles. The highest BCUT2D eigenvalue weighted by molar-refractivity contribution is 5.33. The van der Waals surface area contributed by atoms with E-state index in [1.807, 2.05) is 19.1 Å². The van der Waals surface area contributed by atoms with Crippen LogP contribution in [-0.4, -0.2) is 5.21 Å². The summed E-state index contributed by atoms with van der Waals surface area (Å²) in [5.41, 5.74) is 3.63. The van der Waals surface area contributed by atoms with Crippen LogP contribution in [0, 0.1) is 11.3 Å². The van der Waals surface area contributed by atoms with E-state index in [0.29, 0.717) is 5.56 Å². The van der Waals surface area contributed by atoms with Crippen LogP contribution in [0.4, 0.5) is 0 Å². The fourth-order valence-electron chi connectivity index (χ4n) is 0.952. The first-order valence-corrected chi connectivity index (χ1v) is 3.67. The van der Waals surface area contributed by atoms with Crippen molar-refractivity contribution < 1.29 is 5.21 Å². The van der Waals surface area contributed by atoms with Gasteiger partial charge in [0.05, 0.1) is 17.7 Å². The Morgan fingerprint density at radius 1 is 1.58 bits per heavy atom. The molecule has 2 N–H and O–H groups in total. The van der Waals surface area contributed by atoms with Gasteiger partial charge in [-0.1, -0.05) is 12.1 Å². The molecule has 0 fully saturated rings. The molecule has 1 unspecified atom stereocenters. The number of hydroxylamine groups is 1. The molecule has 0 aromatic heterocycles. The third kappa shape index (κ3) is 1.82. The van der Waals surface area contributed by atoms with Crippen molar-refractivity contribution in [3.63, 3.8) is 0 Å². The van der Waals surface area contributed by atoms with Crippen LogP contribution in [0.1, 0.15) is 24.1 Å². The topological polar surface area (TPSA) is 56.0 Å². The predicted molar refractivity (Wildman–Crippen MR) is 44.5 cm³/mol. The lowest BCUT2D eigenvalue weighted by Crippen LogP contribution is -2.12. The number of hydrogen-bond acceptors (Lipinski definition) is 3. The third-order valence-electron chi connectivity index (χ3n) is 1.71. The molecule has 0 heterocycles. The molecule has 3 heteroatoms. The number of rotatable bonds is 2. The summed E-state index contributed by atoms with van der Waals surface area (Å²) >= 11 is 0. The van der Waals surface area contributed by atoms with Crippen LogP contribution in [0.2, 0.25) is 0 Å². The summed E-state index contributed by atoms with van der Waals surface area (Å²) in [6, 6.07) is 9.02. The van der Waals surface area contributed by atoms with Gasteiger partial charge in [0.15, 0.2) is 0 Å². The summed E-state index contributed by atoms with van der Waals surface area (Å²) in [5.74, 6) is 0. The molecule has 0 bridgehead atoms. The van der Waals surface area contributed by atoms with E-state index in [9.17, 15) is 0 Å². The van der Waals surface area contributed by atoms with Crippen LogP contribution in [0.25, 0.3) is 0 Å². The second kappa shape index (κ2) is 3.86. The zero-order valence-electron chi connectivity index (χ0n) is 6.78. The maximum Gasteiger partial charge on any atom is 0.0991 e. The minimum atomic E-state index is -0.140. The molecule has 1 atom stereocenters. The van der Waals surface area contributed by atoms with Gasteiger partial charge in [0, 0.05) is 0 Å². The first-order valence-electron chi connectivity index (χ1n) is 3.67. The van der Waals surface area contributed by atoms with Crippen molar-refractivity contribution in [2.45, 2.75) is 13.0 Å². The smallest absolute Gasteiger partial charge is 0.0991 e. The molecule has 1 rings (SSSR count). The SMILES string of the molecule is CC(NO)c1cccc(C#N)c1. The molecule has 62 valence electrons. The van der Waals surface area contributed by atoms with Crippen molar-refractivity contribution in [3.05, 3.63) is 35.4 Å². The molecule has 0 aliphatic carbocycles. The van der Waals surface area contributed by atoms with Crippen LogP contribution >= 0.6 is 0 Å². The summed E-state index contributed by atoms with van der Waals surface area (Å²) in [7, 11) is 0. The Morgan fingerprint density at radius 3 is 2.92 bits per heavy atom. The minimum absolute atomic E-state index is 0.140. The summed E-state index contributed by atoms with van der Waals surface area (Å²) in [4.78, 5) is 0. The monoisotopic (exact) mass is 162 g/mol. The predicted octanol–water partition coefficient (Wildman–Crippen LogP) is 1.60. The Morgan fingerprint density at radius 2 is 2.33 bits per heavy atom. The Bertz CT molecular complexity index is 304. The van der Waals surface area contributed by atoms with Crippen LogP contribution in [0.3, 0.4) is 0 Å². The molecule has 0 saturated heterocycles. The second-order valence-electron chi connectivity index (χ2n) is 2.59. The molecule has 12 heavy (non-hydrogen) atoms. The number of nitriles is 1. The molecule has 1 aromatic carbocycles. The maximum absolute atomic E-state index is 8.62. The van der Waals surface area contributed by atoms with Gasteiger partial charge in [-0.3, -0.25) is 0 Å². The highest BCUT2D eigenvalue weighted by Crippen LogP contribution is 2.12. The first-order chi connectivity index (χ1) is 5.77. The molecular formula is C9H10N2O. The summed E-state index contributed by atoms with van der Waals surface area (Å²) in [6.07, 6.45) is 0. The van der Waals surface area contributed by atoms with Crippen molar-refractivity contribution in [2.75, 3.05) is 0 Å². The zero-order valence-corrected chi connectivity index (χ0v) is 6.78. The number of nitrogens with one attached hydrogen (secondary N) is 1. The van der Waals surface area contributed by atoms with Crippen molar-refractivity contribution in [1.29, 1.82) is 5.26 Å². The number of benzene rings is 1. The van der Waals surface area contributed by atoms with Gasteiger partial charge in [0.2, 0.25) is 0 Å². The average molecular weight is 162 g/mol. The van der Waals surface area contributed by atoms with E-state index in [-0.39, 0.29) is 6.04 Å². The molecule has 0 amide bonds. The fourth-order valence-corrected chi connectivity index (χ4v) is 0.952. The van der Waals surface area contributed by atoms with Crippen molar-refractivity contribution >= 4 is 0 Å². The lowest BCUT2D eigenvalue weighted by Gasteiger charge is -2.08. The van der Waals surface area contributed by atoms with Gasteiger partial charge in [-0.15, -0.1) is 0 Å². The van der Waals surface area contributed by atoms with Crippen molar-refractivity contribution in [2.24, 2.45) is 0 Å². The zero-order chi connectivity index (χ0) is 8.97. The molecule has 0 spiro atoms. The lowest BCUT2D eigenvalue weighted by atomic mass is 10.1.